The molecule has 7 heteroatoms. The van der Waals surface area contributed by atoms with E-state index in [2.05, 4.69) is 0 Å². The SMILES string of the molecule is CC(O)CSCCOCCOCCSCC(O)CO. The second kappa shape index (κ2) is 14.9. The standard InChI is InChI=1S/C12H26O5S2/c1-11(14)9-18-6-4-16-2-3-17-5-7-19-10-12(15)8-13/h11-15H,2-10H2,1H3. The Bertz CT molecular complexity index is 184. The van der Waals surface area contributed by atoms with Crippen LogP contribution in [-0.2, 0) is 9.47 Å². The maximum absolute atomic E-state index is 9.09. The molecule has 3 N–H and O–H groups in total. The molecule has 0 fully saturated rings. The van der Waals surface area contributed by atoms with E-state index in [-0.39, 0.29) is 12.7 Å². The van der Waals surface area contributed by atoms with Gasteiger partial charge < -0.3 is 24.8 Å². The Labute approximate surface area is 124 Å². The summed E-state index contributed by atoms with van der Waals surface area (Å²) in [7, 11) is 0. The quantitative estimate of drug-likeness (QED) is 0.396. The van der Waals surface area contributed by atoms with Gasteiger partial charge in [0.25, 0.3) is 0 Å². The molecule has 116 valence electrons. The molecule has 5 nitrogen and oxygen atoms in total. The minimum Gasteiger partial charge on any atom is -0.394 e. The van der Waals surface area contributed by atoms with Gasteiger partial charge in [-0.05, 0) is 6.92 Å². The van der Waals surface area contributed by atoms with E-state index in [4.69, 9.17) is 24.8 Å². The van der Waals surface area contributed by atoms with Crippen LogP contribution in [0.2, 0.25) is 0 Å². The predicted octanol–water partition coefficient (Wildman–Crippen LogP) is 0.220. The Morgan fingerprint density at radius 1 is 0.895 bits per heavy atom. The molecule has 0 heterocycles. The number of hydrogen-bond acceptors (Lipinski definition) is 7. The summed E-state index contributed by atoms with van der Waals surface area (Å²) in [6.45, 7) is 4.05. The zero-order valence-electron chi connectivity index (χ0n) is 11.5. The van der Waals surface area contributed by atoms with E-state index in [1.807, 2.05) is 0 Å². The maximum Gasteiger partial charge on any atom is 0.0861 e. The average molecular weight is 314 g/mol. The van der Waals surface area contributed by atoms with Crippen LogP contribution in [0.25, 0.3) is 0 Å². The van der Waals surface area contributed by atoms with Crippen LogP contribution in [0.3, 0.4) is 0 Å². The summed E-state index contributed by atoms with van der Waals surface area (Å²) in [6, 6.07) is 0. The Hall–Kier alpha value is 0.500. The monoisotopic (exact) mass is 314 g/mol. The van der Waals surface area contributed by atoms with E-state index in [1.165, 1.54) is 0 Å². The van der Waals surface area contributed by atoms with E-state index in [0.29, 0.717) is 32.2 Å². The van der Waals surface area contributed by atoms with Crippen molar-refractivity contribution in [3.05, 3.63) is 0 Å². The molecule has 2 atom stereocenters. The summed E-state index contributed by atoms with van der Waals surface area (Å²) in [4.78, 5) is 0. The van der Waals surface area contributed by atoms with Crippen LogP contribution in [0.5, 0.6) is 0 Å². The minimum absolute atomic E-state index is 0.186. The van der Waals surface area contributed by atoms with Gasteiger partial charge >= 0.3 is 0 Å². The molecule has 0 aliphatic carbocycles. The van der Waals surface area contributed by atoms with Crippen LogP contribution >= 0.6 is 23.5 Å². The Kier molecular flexibility index (Phi) is 15.3. The highest BCUT2D eigenvalue weighted by atomic mass is 32.2. The van der Waals surface area contributed by atoms with Crippen molar-refractivity contribution in [1.82, 2.24) is 0 Å². The van der Waals surface area contributed by atoms with Crippen molar-refractivity contribution in [1.29, 1.82) is 0 Å². The minimum atomic E-state index is -0.632. The van der Waals surface area contributed by atoms with E-state index in [0.717, 1.165) is 17.3 Å². The lowest BCUT2D eigenvalue weighted by Gasteiger charge is -2.08. The summed E-state index contributed by atoms with van der Waals surface area (Å²) in [5.41, 5.74) is 0. The third-order valence-corrected chi connectivity index (χ3v) is 4.25. The zero-order valence-corrected chi connectivity index (χ0v) is 13.1. The molecule has 19 heavy (non-hydrogen) atoms. The highest BCUT2D eigenvalue weighted by molar-refractivity contribution is 7.99. The molecule has 0 aliphatic heterocycles. The second-order valence-electron chi connectivity index (χ2n) is 4.06. The third kappa shape index (κ3) is 16.4. The summed E-state index contributed by atoms with van der Waals surface area (Å²) < 4.78 is 10.7. The smallest absolute Gasteiger partial charge is 0.0861 e. The molecule has 0 saturated heterocycles. The van der Waals surface area contributed by atoms with Crippen molar-refractivity contribution in [2.45, 2.75) is 19.1 Å². The molecule has 2 unspecified atom stereocenters. The molecule has 0 bridgehead atoms. The first kappa shape index (κ1) is 19.5. The van der Waals surface area contributed by atoms with Gasteiger partial charge in [-0.2, -0.15) is 23.5 Å². The Morgan fingerprint density at radius 3 is 1.89 bits per heavy atom. The lowest BCUT2D eigenvalue weighted by atomic mass is 10.4. The number of aliphatic hydroxyl groups excluding tert-OH is 3. The van der Waals surface area contributed by atoms with Crippen LogP contribution in [0.4, 0.5) is 0 Å². The van der Waals surface area contributed by atoms with Crippen LogP contribution in [0.15, 0.2) is 0 Å². The number of rotatable bonds is 14. The van der Waals surface area contributed by atoms with Crippen molar-refractivity contribution in [3.8, 4) is 0 Å². The molecular weight excluding hydrogens is 288 g/mol. The van der Waals surface area contributed by atoms with E-state index < -0.39 is 6.10 Å². The van der Waals surface area contributed by atoms with Crippen molar-refractivity contribution in [2.24, 2.45) is 0 Å². The van der Waals surface area contributed by atoms with Gasteiger partial charge in [-0.25, -0.2) is 0 Å². The zero-order chi connectivity index (χ0) is 14.3. The topological polar surface area (TPSA) is 79.2 Å². The number of ether oxygens (including phenoxy) is 2. The van der Waals surface area contributed by atoms with Crippen molar-refractivity contribution >= 4 is 23.5 Å². The Morgan fingerprint density at radius 2 is 1.42 bits per heavy atom. The average Bonchev–Trinajstić information content (AvgIpc) is 2.39. The predicted molar refractivity (Wildman–Crippen MR) is 81.1 cm³/mol. The van der Waals surface area contributed by atoms with Gasteiger partial charge in [0.05, 0.1) is 45.2 Å². The van der Waals surface area contributed by atoms with Crippen molar-refractivity contribution in [2.75, 3.05) is 56.0 Å². The summed E-state index contributed by atoms with van der Waals surface area (Å²) in [5.74, 6) is 2.98. The molecule has 0 spiro atoms. The van der Waals surface area contributed by atoms with Crippen LogP contribution in [0, 0.1) is 0 Å². The first-order chi connectivity index (χ1) is 9.16. The largest absolute Gasteiger partial charge is 0.394 e. The molecule has 0 aromatic carbocycles. The molecular formula is C12H26O5S2. The number of hydrogen-bond donors (Lipinski definition) is 3. The van der Waals surface area contributed by atoms with Crippen molar-refractivity contribution in [3.63, 3.8) is 0 Å². The fraction of sp³-hybridized carbons (Fsp3) is 1.00. The van der Waals surface area contributed by atoms with Crippen molar-refractivity contribution < 1.29 is 24.8 Å². The molecule has 0 aromatic heterocycles. The Balaban J connectivity index is 2.99. The van der Waals surface area contributed by atoms with Gasteiger partial charge in [-0.3, -0.25) is 0 Å². The first-order valence-corrected chi connectivity index (χ1v) is 8.75. The van der Waals surface area contributed by atoms with Crippen LogP contribution in [0.1, 0.15) is 6.92 Å². The lowest BCUT2D eigenvalue weighted by molar-refractivity contribution is 0.0604. The van der Waals surface area contributed by atoms with Gasteiger partial charge in [-0.15, -0.1) is 0 Å². The molecule has 0 aromatic rings. The fourth-order valence-electron chi connectivity index (χ4n) is 1.08. The van der Waals surface area contributed by atoms with Crippen LogP contribution in [-0.4, -0.2) is 83.6 Å². The fourth-order valence-corrected chi connectivity index (χ4v) is 2.61. The molecule has 0 amide bonds. The number of thioether (sulfide) groups is 2. The maximum atomic E-state index is 9.09. The number of aliphatic hydroxyl groups is 3. The van der Waals surface area contributed by atoms with Gasteiger partial charge in [-0.1, -0.05) is 0 Å². The highest BCUT2D eigenvalue weighted by Crippen LogP contribution is 2.03. The van der Waals surface area contributed by atoms with Gasteiger partial charge in [0.2, 0.25) is 0 Å². The van der Waals surface area contributed by atoms with Gasteiger partial charge in [0, 0.05) is 23.0 Å². The van der Waals surface area contributed by atoms with E-state index in [9.17, 15) is 0 Å². The molecule has 0 saturated carbocycles. The van der Waals surface area contributed by atoms with Crippen LogP contribution < -0.4 is 0 Å². The summed E-state index contributed by atoms with van der Waals surface area (Å²) in [5, 5.41) is 26.7. The highest BCUT2D eigenvalue weighted by Gasteiger charge is 2.01. The second-order valence-corrected chi connectivity index (χ2v) is 6.36. The van der Waals surface area contributed by atoms with E-state index in [1.54, 1.807) is 30.4 Å². The lowest BCUT2D eigenvalue weighted by Crippen LogP contribution is -2.15. The third-order valence-electron chi connectivity index (χ3n) is 2.00. The molecule has 0 rings (SSSR count). The summed E-state index contributed by atoms with van der Waals surface area (Å²) >= 11 is 3.24. The van der Waals surface area contributed by atoms with Gasteiger partial charge in [0.1, 0.15) is 0 Å². The molecule has 0 radical (unpaired) electrons. The van der Waals surface area contributed by atoms with E-state index >= 15 is 0 Å². The molecule has 0 aliphatic rings. The normalized spacial score (nSPS) is 14.5. The first-order valence-electron chi connectivity index (χ1n) is 6.44. The van der Waals surface area contributed by atoms with Gasteiger partial charge in [0.15, 0.2) is 0 Å². The summed E-state index contributed by atoms with van der Waals surface area (Å²) in [6.07, 6.45) is -0.886.